The molecule has 0 fully saturated rings. The van der Waals surface area contributed by atoms with E-state index in [-0.39, 0.29) is 5.97 Å². The highest BCUT2D eigenvalue weighted by Gasteiger charge is 2.02. The zero-order valence-electron chi connectivity index (χ0n) is 10.2. The third kappa shape index (κ3) is 7.01. The van der Waals surface area contributed by atoms with Crippen LogP contribution in [0.2, 0.25) is 0 Å². The zero-order chi connectivity index (χ0) is 12.2. The number of carbonyl (C=O) groups is 1. The van der Waals surface area contributed by atoms with E-state index in [0.717, 1.165) is 13.2 Å². The number of hydrogen-bond donors (Lipinski definition) is 0. The number of rotatable bonds is 4. The van der Waals surface area contributed by atoms with Gasteiger partial charge in [-0.3, -0.25) is 0 Å². The summed E-state index contributed by atoms with van der Waals surface area (Å²) >= 11 is 0. The van der Waals surface area contributed by atoms with Crippen LogP contribution >= 0.6 is 0 Å². The minimum Gasteiger partial charge on any atom is -0.462 e. The van der Waals surface area contributed by atoms with Gasteiger partial charge in [-0.1, -0.05) is 18.2 Å². The second kappa shape index (κ2) is 10.2. The van der Waals surface area contributed by atoms with Crippen molar-refractivity contribution in [2.75, 3.05) is 19.8 Å². The lowest BCUT2D eigenvalue weighted by atomic mass is 10.2. The third-order valence-electron chi connectivity index (χ3n) is 1.69. The van der Waals surface area contributed by atoms with E-state index in [1.54, 1.807) is 19.1 Å². The van der Waals surface area contributed by atoms with Crippen LogP contribution in [0.5, 0.6) is 0 Å². The van der Waals surface area contributed by atoms with Crippen LogP contribution in [0.15, 0.2) is 30.3 Å². The Morgan fingerprint density at radius 3 is 1.94 bits per heavy atom. The molecule has 3 nitrogen and oxygen atoms in total. The molecule has 1 aromatic rings. The number of esters is 1. The van der Waals surface area contributed by atoms with Crippen molar-refractivity contribution in [3.63, 3.8) is 0 Å². The molecule has 0 bridgehead atoms. The Morgan fingerprint density at radius 2 is 1.56 bits per heavy atom. The predicted molar refractivity (Wildman–Crippen MR) is 64.6 cm³/mol. The van der Waals surface area contributed by atoms with Crippen LogP contribution in [0.3, 0.4) is 0 Å². The molecule has 0 N–H and O–H groups in total. The van der Waals surface area contributed by atoms with Gasteiger partial charge in [-0.15, -0.1) is 0 Å². The van der Waals surface area contributed by atoms with Crippen molar-refractivity contribution in [2.24, 2.45) is 0 Å². The SMILES string of the molecule is CCOC(=O)c1ccccc1.CCOCC. The first-order valence-electron chi connectivity index (χ1n) is 5.56. The second-order valence-electron chi connectivity index (χ2n) is 2.87. The summed E-state index contributed by atoms with van der Waals surface area (Å²) in [4.78, 5) is 11.0. The smallest absolute Gasteiger partial charge is 0.338 e. The maximum absolute atomic E-state index is 11.0. The van der Waals surface area contributed by atoms with Crippen molar-refractivity contribution in [2.45, 2.75) is 20.8 Å². The summed E-state index contributed by atoms with van der Waals surface area (Å²) in [7, 11) is 0. The molecule has 0 amide bonds. The molecule has 90 valence electrons. The largest absolute Gasteiger partial charge is 0.462 e. The van der Waals surface area contributed by atoms with Crippen LogP contribution in [-0.2, 0) is 9.47 Å². The predicted octanol–water partition coefficient (Wildman–Crippen LogP) is 2.91. The molecule has 1 rings (SSSR count). The molecule has 0 unspecified atom stereocenters. The summed E-state index contributed by atoms with van der Waals surface area (Å²) in [5, 5.41) is 0. The second-order valence-corrected chi connectivity index (χ2v) is 2.87. The quantitative estimate of drug-likeness (QED) is 0.738. The summed E-state index contributed by atoms with van der Waals surface area (Å²) in [6, 6.07) is 8.96. The lowest BCUT2D eigenvalue weighted by Crippen LogP contribution is -2.03. The maximum atomic E-state index is 11.0. The Hall–Kier alpha value is -1.35. The molecule has 0 saturated carbocycles. The van der Waals surface area contributed by atoms with Crippen LogP contribution in [0.1, 0.15) is 31.1 Å². The molecule has 1 aromatic carbocycles. The van der Waals surface area contributed by atoms with E-state index in [0.29, 0.717) is 12.2 Å². The average molecular weight is 224 g/mol. The van der Waals surface area contributed by atoms with Crippen LogP contribution in [0.4, 0.5) is 0 Å². The number of ether oxygens (including phenoxy) is 2. The standard InChI is InChI=1S/C9H10O2.C4H10O/c1-2-11-9(10)8-6-4-3-5-7-8;1-3-5-4-2/h3-7H,2H2,1H3;3-4H2,1-2H3. The van der Waals surface area contributed by atoms with E-state index in [2.05, 4.69) is 0 Å². The molecule has 0 aliphatic heterocycles. The van der Waals surface area contributed by atoms with Crippen molar-refractivity contribution >= 4 is 5.97 Å². The van der Waals surface area contributed by atoms with Crippen molar-refractivity contribution in [1.29, 1.82) is 0 Å². The van der Waals surface area contributed by atoms with Crippen LogP contribution in [0.25, 0.3) is 0 Å². The monoisotopic (exact) mass is 224 g/mol. The third-order valence-corrected chi connectivity index (χ3v) is 1.69. The molecular weight excluding hydrogens is 204 g/mol. The number of carbonyl (C=O) groups excluding carboxylic acids is 1. The van der Waals surface area contributed by atoms with Crippen LogP contribution in [-0.4, -0.2) is 25.8 Å². The highest BCUT2D eigenvalue weighted by molar-refractivity contribution is 5.89. The van der Waals surface area contributed by atoms with Gasteiger partial charge in [0.15, 0.2) is 0 Å². The highest BCUT2D eigenvalue weighted by atomic mass is 16.5. The first-order valence-corrected chi connectivity index (χ1v) is 5.56. The Bertz CT molecular complexity index is 268. The lowest BCUT2D eigenvalue weighted by molar-refractivity contribution is 0.0526. The van der Waals surface area contributed by atoms with Crippen molar-refractivity contribution in [1.82, 2.24) is 0 Å². The van der Waals surface area contributed by atoms with Gasteiger partial charge in [0.25, 0.3) is 0 Å². The minimum absolute atomic E-state index is 0.256. The van der Waals surface area contributed by atoms with Gasteiger partial charge in [0.1, 0.15) is 0 Å². The Balaban J connectivity index is 0.000000385. The van der Waals surface area contributed by atoms with Gasteiger partial charge < -0.3 is 9.47 Å². The van der Waals surface area contributed by atoms with E-state index in [9.17, 15) is 4.79 Å². The molecule has 16 heavy (non-hydrogen) atoms. The van der Waals surface area contributed by atoms with Crippen molar-refractivity contribution < 1.29 is 14.3 Å². The molecule has 0 aliphatic carbocycles. The van der Waals surface area contributed by atoms with Gasteiger partial charge in [-0.25, -0.2) is 4.79 Å². The summed E-state index contributed by atoms with van der Waals surface area (Å²) < 4.78 is 9.62. The van der Waals surface area contributed by atoms with Gasteiger partial charge in [0.05, 0.1) is 12.2 Å². The van der Waals surface area contributed by atoms with Crippen LogP contribution in [0, 0.1) is 0 Å². The fraction of sp³-hybridized carbons (Fsp3) is 0.462. The van der Waals surface area contributed by atoms with Gasteiger partial charge in [0, 0.05) is 13.2 Å². The van der Waals surface area contributed by atoms with Gasteiger partial charge in [0.2, 0.25) is 0 Å². The van der Waals surface area contributed by atoms with E-state index >= 15 is 0 Å². The van der Waals surface area contributed by atoms with Gasteiger partial charge in [-0.05, 0) is 32.9 Å². The Labute approximate surface area is 97.4 Å². The molecule has 0 radical (unpaired) electrons. The lowest BCUT2D eigenvalue weighted by Gasteiger charge is -1.99. The average Bonchev–Trinajstić information content (AvgIpc) is 2.32. The van der Waals surface area contributed by atoms with Crippen molar-refractivity contribution in [3.8, 4) is 0 Å². The maximum Gasteiger partial charge on any atom is 0.338 e. The van der Waals surface area contributed by atoms with Gasteiger partial charge in [-0.2, -0.15) is 0 Å². The van der Waals surface area contributed by atoms with E-state index < -0.39 is 0 Å². The number of hydrogen-bond acceptors (Lipinski definition) is 3. The molecule has 3 heteroatoms. The highest BCUT2D eigenvalue weighted by Crippen LogP contribution is 1.99. The molecule has 0 heterocycles. The zero-order valence-corrected chi connectivity index (χ0v) is 10.2. The van der Waals surface area contributed by atoms with Crippen molar-refractivity contribution in [3.05, 3.63) is 35.9 Å². The minimum atomic E-state index is -0.256. The molecule has 0 saturated heterocycles. The molecule has 0 spiro atoms. The topological polar surface area (TPSA) is 35.5 Å². The summed E-state index contributed by atoms with van der Waals surface area (Å²) in [6.07, 6.45) is 0. The normalized spacial score (nSPS) is 8.94. The molecule has 0 aromatic heterocycles. The first-order chi connectivity index (χ1) is 7.76. The summed E-state index contributed by atoms with van der Waals surface area (Å²) in [5.74, 6) is -0.256. The van der Waals surface area contributed by atoms with E-state index in [4.69, 9.17) is 9.47 Å². The van der Waals surface area contributed by atoms with Crippen LogP contribution < -0.4 is 0 Å². The fourth-order valence-electron chi connectivity index (χ4n) is 0.993. The first kappa shape index (κ1) is 14.6. The summed E-state index contributed by atoms with van der Waals surface area (Å²) in [5.41, 5.74) is 0.606. The molecular formula is C13H20O3. The fourth-order valence-corrected chi connectivity index (χ4v) is 0.993. The Kier molecular flexibility index (Phi) is 9.32. The number of benzene rings is 1. The molecule has 0 atom stereocenters. The summed E-state index contributed by atoms with van der Waals surface area (Å²) in [6.45, 7) is 7.88. The van der Waals surface area contributed by atoms with E-state index in [1.165, 1.54) is 0 Å². The van der Waals surface area contributed by atoms with E-state index in [1.807, 2.05) is 32.0 Å². The van der Waals surface area contributed by atoms with Gasteiger partial charge >= 0.3 is 5.97 Å². The Morgan fingerprint density at radius 1 is 1.00 bits per heavy atom. The molecule has 0 aliphatic rings.